The number of alkyl halides is 2. The third kappa shape index (κ3) is 8.47. The molecule has 0 saturated carbocycles. The average Bonchev–Trinajstić information content (AvgIpc) is 3.45. The number of likely N-dealkylation sites (tertiary alicyclic amines) is 1. The number of aryl methyl sites for hydroxylation is 2. The third-order valence-corrected chi connectivity index (χ3v) is 8.02. The minimum atomic E-state index is -3.40. The molecule has 0 bridgehead atoms. The van der Waals surface area contributed by atoms with E-state index >= 15 is 0 Å². The number of aliphatic hydroxyl groups is 1. The molecule has 1 aromatic carbocycles. The summed E-state index contributed by atoms with van der Waals surface area (Å²) < 4.78 is 33.2. The van der Waals surface area contributed by atoms with E-state index in [4.69, 9.17) is 4.74 Å². The number of carbonyl (C=O) groups excluding carboxylic acids is 2. The summed E-state index contributed by atoms with van der Waals surface area (Å²) in [4.78, 5) is 26.6. The van der Waals surface area contributed by atoms with Gasteiger partial charge in [-0.05, 0) is 55.7 Å². The summed E-state index contributed by atoms with van der Waals surface area (Å²) in [6.07, 6.45) is 7.91. The molecule has 2 heterocycles. The first-order valence-electron chi connectivity index (χ1n) is 13.0. The molecule has 1 unspecified atom stereocenters. The summed E-state index contributed by atoms with van der Waals surface area (Å²) in [5.74, 6) is -4.96. The molecule has 1 saturated heterocycles. The lowest BCUT2D eigenvalue weighted by atomic mass is 9.95. The Morgan fingerprint density at radius 1 is 1.16 bits per heavy atom. The van der Waals surface area contributed by atoms with Gasteiger partial charge in [-0.1, -0.05) is 62.2 Å². The highest BCUT2D eigenvalue weighted by atomic mass is 32.1. The van der Waals surface area contributed by atoms with E-state index in [-0.39, 0.29) is 12.5 Å². The molecule has 1 N–H and O–H groups in total. The summed E-state index contributed by atoms with van der Waals surface area (Å²) in [5.41, 5.74) is 1.33. The Kier molecular flexibility index (Phi) is 10.8. The zero-order valence-electron chi connectivity index (χ0n) is 21.6. The van der Waals surface area contributed by atoms with Gasteiger partial charge in [-0.3, -0.25) is 4.79 Å². The predicted octanol–water partition coefficient (Wildman–Crippen LogP) is 6.06. The van der Waals surface area contributed by atoms with Gasteiger partial charge in [-0.25, -0.2) is 4.79 Å². The van der Waals surface area contributed by atoms with Gasteiger partial charge in [-0.15, -0.1) is 11.3 Å². The Morgan fingerprint density at radius 3 is 2.65 bits per heavy atom. The molecule has 1 aromatic heterocycles. The largest absolute Gasteiger partial charge is 0.465 e. The lowest BCUT2D eigenvalue weighted by molar-refractivity contribution is -0.148. The van der Waals surface area contributed by atoms with Crippen LogP contribution in [0.1, 0.15) is 65.6 Å². The summed E-state index contributed by atoms with van der Waals surface area (Å²) in [5, 5.41) is 10.6. The Balaban J connectivity index is 1.45. The number of benzene rings is 1. The second-order valence-electron chi connectivity index (χ2n) is 9.77. The van der Waals surface area contributed by atoms with Crippen molar-refractivity contribution in [2.24, 2.45) is 5.92 Å². The van der Waals surface area contributed by atoms with Crippen LogP contribution in [-0.4, -0.2) is 53.6 Å². The number of esters is 1. The molecule has 2 aromatic rings. The topological polar surface area (TPSA) is 66.8 Å². The first kappa shape index (κ1) is 29.0. The van der Waals surface area contributed by atoms with Crippen LogP contribution in [0.5, 0.6) is 0 Å². The lowest BCUT2D eigenvalue weighted by Gasteiger charge is -2.22. The van der Waals surface area contributed by atoms with E-state index < -0.39 is 36.4 Å². The molecule has 202 valence electrons. The smallest absolute Gasteiger partial charge is 0.348 e. The van der Waals surface area contributed by atoms with Crippen LogP contribution in [0.2, 0.25) is 0 Å². The number of hydrogen-bond donors (Lipinski definition) is 1. The van der Waals surface area contributed by atoms with Gasteiger partial charge in [0.1, 0.15) is 4.88 Å². The number of thiophene rings is 1. The fraction of sp³-hybridized carbons (Fsp3) is 0.517. The van der Waals surface area contributed by atoms with Crippen molar-refractivity contribution in [3.05, 3.63) is 69.9 Å². The average molecular weight is 534 g/mol. The van der Waals surface area contributed by atoms with Crippen molar-refractivity contribution in [3.63, 3.8) is 0 Å². The highest BCUT2D eigenvalue weighted by Gasteiger charge is 2.52. The van der Waals surface area contributed by atoms with E-state index in [1.54, 1.807) is 18.2 Å². The van der Waals surface area contributed by atoms with E-state index in [0.29, 0.717) is 17.7 Å². The Hall–Kier alpha value is -2.58. The second-order valence-corrected chi connectivity index (χ2v) is 10.9. The molecule has 8 heteroatoms. The van der Waals surface area contributed by atoms with Crippen LogP contribution in [0.25, 0.3) is 0 Å². The molecule has 0 aliphatic carbocycles. The summed E-state index contributed by atoms with van der Waals surface area (Å²) in [6, 6.07) is 13.1. The molecule has 1 amide bonds. The molecular weight excluding hydrogens is 496 g/mol. The normalized spacial score (nSPS) is 18.9. The van der Waals surface area contributed by atoms with E-state index in [1.807, 2.05) is 31.2 Å². The van der Waals surface area contributed by atoms with E-state index in [9.17, 15) is 23.5 Å². The van der Waals surface area contributed by atoms with Crippen molar-refractivity contribution in [2.75, 3.05) is 13.7 Å². The molecule has 0 radical (unpaired) electrons. The Bertz CT molecular complexity index is 1040. The van der Waals surface area contributed by atoms with Gasteiger partial charge in [0.05, 0.1) is 19.3 Å². The van der Waals surface area contributed by atoms with Gasteiger partial charge in [0.2, 0.25) is 0 Å². The Labute approximate surface area is 222 Å². The summed E-state index contributed by atoms with van der Waals surface area (Å²) >= 11 is 1.30. The van der Waals surface area contributed by atoms with E-state index in [2.05, 4.69) is 12.1 Å². The van der Waals surface area contributed by atoms with Gasteiger partial charge in [0.15, 0.2) is 0 Å². The first-order chi connectivity index (χ1) is 17.7. The highest BCUT2D eigenvalue weighted by Crippen LogP contribution is 2.34. The monoisotopic (exact) mass is 533 g/mol. The van der Waals surface area contributed by atoms with Crippen molar-refractivity contribution in [2.45, 2.75) is 76.4 Å². The number of amides is 1. The molecule has 3 atom stereocenters. The van der Waals surface area contributed by atoms with Crippen molar-refractivity contribution in [1.82, 2.24) is 4.90 Å². The van der Waals surface area contributed by atoms with Crippen LogP contribution in [-0.2, 0) is 22.4 Å². The van der Waals surface area contributed by atoms with Crippen molar-refractivity contribution >= 4 is 23.2 Å². The van der Waals surface area contributed by atoms with Gasteiger partial charge in [0, 0.05) is 17.8 Å². The molecular formula is C29H37F2NO4S. The summed E-state index contributed by atoms with van der Waals surface area (Å²) in [6.45, 7) is 2.14. The van der Waals surface area contributed by atoms with Crippen molar-refractivity contribution in [3.8, 4) is 0 Å². The quantitative estimate of drug-likeness (QED) is 0.182. The van der Waals surface area contributed by atoms with Gasteiger partial charge in [-0.2, -0.15) is 8.78 Å². The van der Waals surface area contributed by atoms with Gasteiger partial charge in [0.25, 0.3) is 5.91 Å². The number of nitrogens with zero attached hydrogens (tertiary/aromatic N) is 1. The van der Waals surface area contributed by atoms with Crippen molar-refractivity contribution < 1.29 is 28.2 Å². The number of unbranched alkanes of at least 4 members (excludes halogenated alkanes) is 2. The molecule has 0 spiro atoms. The number of hydrogen-bond acceptors (Lipinski definition) is 5. The van der Waals surface area contributed by atoms with Crippen LogP contribution in [0.3, 0.4) is 0 Å². The SMILES string of the molecule is COC(=O)c1ccc(CCCN2C(=O)C(F)(F)CC2/C=C/[C@H](O)[C@@H](C)CCCCCc2ccccc2)s1. The first-order valence-corrected chi connectivity index (χ1v) is 13.8. The fourth-order valence-electron chi connectivity index (χ4n) is 4.63. The molecule has 5 nitrogen and oxygen atoms in total. The zero-order chi connectivity index (χ0) is 26.8. The molecule has 1 fully saturated rings. The van der Waals surface area contributed by atoms with Crippen LogP contribution in [0, 0.1) is 5.92 Å². The van der Waals surface area contributed by atoms with Crippen molar-refractivity contribution in [1.29, 1.82) is 0 Å². The maximum atomic E-state index is 14.2. The standard InChI is InChI=1S/C29H37F2NO4S/c1-21(10-5-3-6-11-22-12-7-4-8-13-22)25(33)17-15-23-20-29(30,31)28(35)32(23)19-9-14-24-16-18-26(37-24)27(34)36-2/h4,7-8,12-13,15-18,21,23,25,33H,3,5-6,9-11,14,19-20H2,1-2H3/b17-15+/t21-,23?,25-/m0/s1. The third-order valence-electron chi connectivity index (χ3n) is 6.89. The fourth-order valence-corrected chi connectivity index (χ4v) is 5.59. The molecule has 3 rings (SSSR count). The Morgan fingerprint density at radius 2 is 1.92 bits per heavy atom. The molecule has 37 heavy (non-hydrogen) atoms. The van der Waals surface area contributed by atoms with Crippen LogP contribution in [0.15, 0.2) is 54.6 Å². The minimum absolute atomic E-state index is 0.00174. The van der Waals surface area contributed by atoms with Gasteiger partial charge < -0.3 is 14.7 Å². The molecule has 1 aliphatic heterocycles. The number of ether oxygens (including phenoxy) is 1. The number of aliphatic hydroxyl groups excluding tert-OH is 1. The minimum Gasteiger partial charge on any atom is -0.465 e. The van der Waals surface area contributed by atoms with E-state index in [0.717, 1.165) is 37.0 Å². The number of rotatable bonds is 14. The lowest BCUT2D eigenvalue weighted by Crippen LogP contribution is -2.36. The number of halogens is 2. The molecule has 1 aliphatic rings. The van der Waals surface area contributed by atoms with Crippen LogP contribution >= 0.6 is 11.3 Å². The summed E-state index contributed by atoms with van der Waals surface area (Å²) in [7, 11) is 1.32. The highest BCUT2D eigenvalue weighted by molar-refractivity contribution is 7.13. The predicted molar refractivity (Wildman–Crippen MR) is 142 cm³/mol. The maximum absolute atomic E-state index is 14.2. The zero-order valence-corrected chi connectivity index (χ0v) is 22.4. The van der Waals surface area contributed by atoms with Crippen LogP contribution < -0.4 is 0 Å². The maximum Gasteiger partial charge on any atom is 0.348 e. The second kappa shape index (κ2) is 13.8. The number of methoxy groups -OCH3 is 1. The van der Waals surface area contributed by atoms with Crippen LogP contribution in [0.4, 0.5) is 8.78 Å². The van der Waals surface area contributed by atoms with Gasteiger partial charge >= 0.3 is 11.9 Å². The van der Waals surface area contributed by atoms with E-state index in [1.165, 1.54) is 28.9 Å². The number of carbonyl (C=O) groups is 2.